The lowest BCUT2D eigenvalue weighted by Crippen LogP contribution is -2.45. The van der Waals surface area contributed by atoms with Gasteiger partial charge in [0.1, 0.15) is 17.9 Å². The number of benzene rings is 2. The van der Waals surface area contributed by atoms with Crippen molar-refractivity contribution in [2.45, 2.75) is 25.8 Å². The molecule has 1 aromatic heterocycles. The average molecular weight is 543 g/mol. The number of piperidine rings is 1. The van der Waals surface area contributed by atoms with Crippen molar-refractivity contribution in [1.82, 2.24) is 19.8 Å². The van der Waals surface area contributed by atoms with E-state index in [4.69, 9.17) is 14.7 Å². The maximum Gasteiger partial charge on any atom is 0.318 e. The summed E-state index contributed by atoms with van der Waals surface area (Å²) in [7, 11) is 2.17. The molecule has 3 aromatic rings. The minimum absolute atomic E-state index is 0.269. The quantitative estimate of drug-likeness (QED) is 0.356. The van der Waals surface area contributed by atoms with E-state index in [1.807, 2.05) is 36.5 Å². The molecule has 6 rings (SSSR count). The van der Waals surface area contributed by atoms with E-state index >= 15 is 0 Å². The largest absolute Gasteiger partial charge is 0.508 e. The van der Waals surface area contributed by atoms with Gasteiger partial charge in [0.2, 0.25) is 0 Å². The predicted octanol–water partition coefficient (Wildman–Crippen LogP) is 3.45. The van der Waals surface area contributed by atoms with Gasteiger partial charge >= 0.3 is 6.01 Å². The number of hydrogen-bond acceptors (Lipinski definition) is 9. The van der Waals surface area contributed by atoms with Crippen LogP contribution in [0.5, 0.6) is 11.8 Å². The van der Waals surface area contributed by atoms with Crippen molar-refractivity contribution in [3.05, 3.63) is 59.9 Å². The first-order valence-corrected chi connectivity index (χ1v) is 14.4. The molecule has 2 saturated heterocycles. The summed E-state index contributed by atoms with van der Waals surface area (Å²) in [4.78, 5) is 29.9. The zero-order valence-corrected chi connectivity index (χ0v) is 23.2. The van der Waals surface area contributed by atoms with Gasteiger partial charge in [0.05, 0.1) is 18.8 Å². The van der Waals surface area contributed by atoms with Crippen LogP contribution in [0.2, 0.25) is 0 Å². The van der Waals surface area contributed by atoms with Gasteiger partial charge in [-0.2, -0.15) is 9.97 Å². The predicted molar refractivity (Wildman–Crippen MR) is 157 cm³/mol. The molecule has 1 atom stereocenters. The van der Waals surface area contributed by atoms with Crippen LogP contribution in [0, 0.1) is 5.92 Å². The van der Waals surface area contributed by atoms with E-state index in [2.05, 4.69) is 32.7 Å². The smallest absolute Gasteiger partial charge is 0.318 e. The second-order valence-electron chi connectivity index (χ2n) is 11.2. The van der Waals surface area contributed by atoms with Crippen LogP contribution in [-0.4, -0.2) is 90.6 Å². The molecule has 210 valence electrons. The number of ether oxygens (including phenoxy) is 1. The molecule has 0 saturated carbocycles. The number of piperazine rings is 1. The molecule has 0 unspecified atom stereocenters. The highest BCUT2D eigenvalue weighted by molar-refractivity contribution is 5.95. The Balaban J connectivity index is 1.29. The number of carbonyl (C=O) groups is 1. The van der Waals surface area contributed by atoms with Gasteiger partial charge in [-0.15, -0.1) is 0 Å². The molecule has 4 heterocycles. The van der Waals surface area contributed by atoms with Gasteiger partial charge in [-0.25, -0.2) is 0 Å². The highest BCUT2D eigenvalue weighted by Gasteiger charge is 2.28. The summed E-state index contributed by atoms with van der Waals surface area (Å²) in [5.74, 6) is 1.72. The summed E-state index contributed by atoms with van der Waals surface area (Å²) >= 11 is 0. The van der Waals surface area contributed by atoms with E-state index in [-0.39, 0.29) is 5.75 Å². The number of fused-ring (bicyclic) bond motifs is 2. The first kappa shape index (κ1) is 26.4. The summed E-state index contributed by atoms with van der Waals surface area (Å²) in [5, 5.41) is 12.6. The maximum atomic E-state index is 10.8. The molecular formula is C31H38N6O3. The third kappa shape index (κ3) is 5.70. The molecule has 0 radical (unpaired) electrons. The van der Waals surface area contributed by atoms with E-state index in [1.165, 1.54) is 12.0 Å². The van der Waals surface area contributed by atoms with Crippen LogP contribution in [0.3, 0.4) is 0 Å². The van der Waals surface area contributed by atoms with Crippen molar-refractivity contribution < 1.29 is 14.6 Å². The van der Waals surface area contributed by atoms with Gasteiger partial charge in [0, 0.05) is 74.1 Å². The van der Waals surface area contributed by atoms with E-state index in [0.717, 1.165) is 92.9 Å². The molecule has 9 nitrogen and oxygen atoms in total. The fourth-order valence-electron chi connectivity index (χ4n) is 6.30. The lowest BCUT2D eigenvalue weighted by Gasteiger charge is -2.38. The number of aromatic nitrogens is 2. The normalized spacial score (nSPS) is 20.2. The Kier molecular flexibility index (Phi) is 7.73. The van der Waals surface area contributed by atoms with Crippen molar-refractivity contribution >= 4 is 28.6 Å². The molecule has 9 heteroatoms. The van der Waals surface area contributed by atoms with Gasteiger partial charge in [-0.05, 0) is 50.4 Å². The molecule has 2 aromatic carbocycles. The monoisotopic (exact) mass is 542 g/mol. The average Bonchev–Trinajstić information content (AvgIpc) is 2.98. The third-order valence-electron chi connectivity index (χ3n) is 8.35. The minimum atomic E-state index is 0.269. The highest BCUT2D eigenvalue weighted by Crippen LogP contribution is 2.36. The van der Waals surface area contributed by atoms with Crippen LogP contribution in [-0.2, 0) is 17.8 Å². The Bertz CT molecular complexity index is 1390. The summed E-state index contributed by atoms with van der Waals surface area (Å²) in [6, 6.07) is 12.3. The lowest BCUT2D eigenvalue weighted by atomic mass is 10.00. The number of hydrogen-bond donors (Lipinski definition) is 1. The molecular weight excluding hydrogens is 504 g/mol. The zero-order valence-electron chi connectivity index (χ0n) is 23.2. The number of phenols is 1. The van der Waals surface area contributed by atoms with E-state index in [1.54, 1.807) is 6.08 Å². The molecule has 2 fully saturated rings. The number of aldehydes is 1. The van der Waals surface area contributed by atoms with Crippen LogP contribution in [0.25, 0.3) is 10.8 Å². The topological polar surface area (TPSA) is 85.3 Å². The van der Waals surface area contributed by atoms with Crippen molar-refractivity contribution in [2.75, 3.05) is 69.3 Å². The Labute approximate surface area is 235 Å². The van der Waals surface area contributed by atoms with Crippen molar-refractivity contribution in [2.24, 2.45) is 5.92 Å². The second kappa shape index (κ2) is 11.7. The number of nitrogens with zero attached hydrogens (tertiary/aromatic N) is 6. The first-order valence-electron chi connectivity index (χ1n) is 14.4. The number of phenolic OH excluding ortho intramolecular Hbond substituents is 1. The molecule has 0 bridgehead atoms. The van der Waals surface area contributed by atoms with E-state index < -0.39 is 0 Å². The van der Waals surface area contributed by atoms with Gasteiger partial charge in [0.15, 0.2) is 0 Å². The number of aromatic hydroxyl groups is 1. The summed E-state index contributed by atoms with van der Waals surface area (Å²) in [5.41, 5.74) is 3.19. The molecule has 0 aliphatic carbocycles. The van der Waals surface area contributed by atoms with E-state index in [9.17, 15) is 9.90 Å². The van der Waals surface area contributed by atoms with Crippen molar-refractivity contribution in [3.63, 3.8) is 0 Å². The van der Waals surface area contributed by atoms with Gasteiger partial charge in [-0.3, -0.25) is 4.79 Å². The van der Waals surface area contributed by atoms with Crippen LogP contribution >= 0.6 is 0 Å². The zero-order chi connectivity index (χ0) is 27.5. The van der Waals surface area contributed by atoms with Crippen LogP contribution in [0.15, 0.2) is 48.7 Å². The minimum Gasteiger partial charge on any atom is -0.508 e. The second-order valence-corrected chi connectivity index (χ2v) is 11.2. The molecule has 3 aliphatic rings. The SMILES string of the molecule is CN1CCC[C@@H](COc2nc3c(c(N4CCN(C=CC=O)CC4)n2)CCN(c2cc(O)cc4ccccc24)C3)C1. The van der Waals surface area contributed by atoms with E-state index in [0.29, 0.717) is 25.1 Å². The summed E-state index contributed by atoms with van der Waals surface area (Å²) in [6.07, 6.45) is 7.41. The first-order chi connectivity index (χ1) is 19.6. The number of carbonyl (C=O) groups excluding carboxylic acids is 1. The maximum absolute atomic E-state index is 10.8. The standard InChI is InChI=1S/C31H38N6O3/c1-34-10-4-6-23(20-34)22-40-31-32-28-21-37(29-19-25(39)18-24-7-2-3-8-26(24)29)12-9-27(28)30(33-31)36-15-13-35(14-16-36)11-5-17-38/h2-3,5,7-8,11,17-19,23,39H,4,6,9-10,12-16,20-22H2,1H3/t23-/m1/s1. The summed E-state index contributed by atoms with van der Waals surface area (Å²) in [6.45, 7) is 7.53. The van der Waals surface area contributed by atoms with Gasteiger partial charge in [0.25, 0.3) is 0 Å². The number of rotatable bonds is 7. The van der Waals surface area contributed by atoms with Crippen LogP contribution < -0.4 is 14.5 Å². The molecule has 0 spiro atoms. The van der Waals surface area contributed by atoms with Crippen molar-refractivity contribution in [3.8, 4) is 11.8 Å². The number of likely N-dealkylation sites (tertiary alicyclic amines) is 1. The Morgan fingerprint density at radius 2 is 1.90 bits per heavy atom. The Hall–Kier alpha value is -3.85. The van der Waals surface area contributed by atoms with Crippen LogP contribution in [0.4, 0.5) is 11.5 Å². The van der Waals surface area contributed by atoms with Gasteiger partial charge in [-0.1, -0.05) is 24.3 Å². The molecule has 1 N–H and O–H groups in total. The number of anilines is 2. The Morgan fingerprint density at radius 1 is 1.05 bits per heavy atom. The highest BCUT2D eigenvalue weighted by atomic mass is 16.5. The van der Waals surface area contributed by atoms with Gasteiger partial charge < -0.3 is 29.4 Å². The fraction of sp³-hybridized carbons (Fsp3) is 0.452. The Morgan fingerprint density at radius 3 is 2.73 bits per heavy atom. The summed E-state index contributed by atoms with van der Waals surface area (Å²) < 4.78 is 6.30. The lowest BCUT2D eigenvalue weighted by molar-refractivity contribution is -0.104. The third-order valence-corrected chi connectivity index (χ3v) is 8.35. The fourth-order valence-corrected chi connectivity index (χ4v) is 6.30. The van der Waals surface area contributed by atoms with Crippen molar-refractivity contribution in [1.29, 1.82) is 0 Å². The van der Waals surface area contributed by atoms with Crippen LogP contribution in [0.1, 0.15) is 24.1 Å². The molecule has 40 heavy (non-hydrogen) atoms. The molecule has 3 aliphatic heterocycles. The number of allylic oxidation sites excluding steroid dienone is 1. The molecule has 0 amide bonds.